The Morgan fingerprint density at radius 1 is 1.25 bits per heavy atom. The Bertz CT molecular complexity index is 973. The van der Waals surface area contributed by atoms with Gasteiger partial charge in [-0.15, -0.1) is 0 Å². The number of halogens is 2. The van der Waals surface area contributed by atoms with Crippen molar-refractivity contribution in [3.8, 4) is 0 Å². The molecule has 2 aromatic carbocycles. The molecule has 0 aliphatic heterocycles. The van der Waals surface area contributed by atoms with Crippen molar-refractivity contribution in [1.82, 2.24) is 9.55 Å². The monoisotopic (exact) mass is 390 g/mol. The van der Waals surface area contributed by atoms with E-state index in [2.05, 4.69) is 20.9 Å². The smallest absolute Gasteiger partial charge is 0.333 e. The Morgan fingerprint density at radius 3 is 2.62 bits per heavy atom. The number of hydrogen-bond acceptors (Lipinski definition) is 4. The van der Waals surface area contributed by atoms with Crippen molar-refractivity contribution in [2.75, 3.05) is 7.11 Å². The predicted octanol–water partition coefficient (Wildman–Crippen LogP) is 3.06. The second-order valence-electron chi connectivity index (χ2n) is 5.05. The quantitative estimate of drug-likeness (QED) is 0.644. The molecule has 0 spiro atoms. The van der Waals surface area contributed by atoms with Gasteiger partial charge in [0.15, 0.2) is 11.9 Å². The SMILES string of the molecule is COC(=O)C(c1ccccc1)n1cnc2ccc(Br)c(F)c2c1=O. The molecule has 122 valence electrons. The maximum absolute atomic E-state index is 14.4. The maximum Gasteiger partial charge on any atom is 0.333 e. The summed E-state index contributed by atoms with van der Waals surface area (Å²) in [7, 11) is 1.23. The van der Waals surface area contributed by atoms with Crippen LogP contribution in [0.5, 0.6) is 0 Å². The van der Waals surface area contributed by atoms with Crippen molar-refractivity contribution in [2.24, 2.45) is 0 Å². The van der Waals surface area contributed by atoms with Crippen LogP contribution < -0.4 is 5.56 Å². The summed E-state index contributed by atoms with van der Waals surface area (Å²) in [5, 5.41) is -0.184. The molecule has 3 rings (SSSR count). The van der Waals surface area contributed by atoms with Gasteiger partial charge in [0.1, 0.15) is 5.39 Å². The highest BCUT2D eigenvalue weighted by molar-refractivity contribution is 9.10. The molecule has 0 aliphatic rings. The zero-order valence-corrected chi connectivity index (χ0v) is 14.2. The summed E-state index contributed by atoms with van der Waals surface area (Å²) in [6.07, 6.45) is 1.23. The normalized spacial score (nSPS) is 12.1. The number of nitrogens with zero attached hydrogens (tertiary/aromatic N) is 2. The first kappa shape index (κ1) is 16.3. The number of fused-ring (bicyclic) bond motifs is 1. The van der Waals surface area contributed by atoms with Crippen LogP contribution in [0.4, 0.5) is 4.39 Å². The lowest BCUT2D eigenvalue weighted by molar-refractivity contribution is -0.143. The van der Waals surface area contributed by atoms with Crippen LogP contribution in [0.25, 0.3) is 10.9 Å². The van der Waals surface area contributed by atoms with Crippen molar-refractivity contribution >= 4 is 32.8 Å². The van der Waals surface area contributed by atoms with Crippen molar-refractivity contribution in [1.29, 1.82) is 0 Å². The summed E-state index contributed by atoms with van der Waals surface area (Å²) < 4.78 is 20.4. The number of esters is 1. The highest BCUT2D eigenvalue weighted by atomic mass is 79.9. The minimum Gasteiger partial charge on any atom is -0.467 e. The second kappa shape index (κ2) is 6.52. The van der Waals surface area contributed by atoms with E-state index in [1.54, 1.807) is 30.3 Å². The van der Waals surface area contributed by atoms with Crippen LogP contribution in [-0.2, 0) is 9.53 Å². The van der Waals surface area contributed by atoms with Crippen LogP contribution in [0.2, 0.25) is 0 Å². The Kier molecular flexibility index (Phi) is 4.44. The zero-order chi connectivity index (χ0) is 17.3. The van der Waals surface area contributed by atoms with Crippen molar-refractivity contribution in [3.63, 3.8) is 0 Å². The van der Waals surface area contributed by atoms with Crippen LogP contribution in [0.1, 0.15) is 11.6 Å². The van der Waals surface area contributed by atoms with E-state index in [1.807, 2.05) is 0 Å². The minimum absolute atomic E-state index is 0.154. The van der Waals surface area contributed by atoms with Crippen molar-refractivity contribution in [3.05, 3.63) is 75.0 Å². The lowest BCUT2D eigenvalue weighted by Crippen LogP contribution is -2.32. The van der Waals surface area contributed by atoms with Gasteiger partial charge < -0.3 is 4.74 Å². The molecule has 1 heterocycles. The fraction of sp³-hybridized carbons (Fsp3) is 0.118. The van der Waals surface area contributed by atoms with Gasteiger partial charge in [-0.05, 0) is 33.6 Å². The van der Waals surface area contributed by atoms with Crippen LogP contribution in [0.3, 0.4) is 0 Å². The van der Waals surface area contributed by atoms with Crippen molar-refractivity contribution < 1.29 is 13.9 Å². The van der Waals surface area contributed by atoms with Gasteiger partial charge in [0.25, 0.3) is 5.56 Å². The van der Waals surface area contributed by atoms with Gasteiger partial charge in [-0.3, -0.25) is 9.36 Å². The lowest BCUT2D eigenvalue weighted by atomic mass is 10.1. The standard InChI is InChI=1S/C17H12BrFN2O3/c1-24-17(23)15(10-5-3-2-4-6-10)21-9-20-12-8-7-11(18)14(19)13(12)16(21)22/h2-9,15H,1H3. The number of ether oxygens (including phenoxy) is 1. The first-order chi connectivity index (χ1) is 11.5. The van der Waals surface area contributed by atoms with E-state index in [0.717, 1.165) is 4.57 Å². The number of aromatic nitrogens is 2. The highest BCUT2D eigenvalue weighted by Crippen LogP contribution is 2.23. The summed E-state index contributed by atoms with van der Waals surface area (Å²) in [5.41, 5.74) is 0.106. The zero-order valence-electron chi connectivity index (χ0n) is 12.6. The third-order valence-corrected chi connectivity index (χ3v) is 4.27. The number of rotatable bonds is 3. The van der Waals surface area contributed by atoms with Gasteiger partial charge in [0.2, 0.25) is 0 Å². The molecule has 3 aromatic rings. The fourth-order valence-electron chi connectivity index (χ4n) is 2.50. The third kappa shape index (κ3) is 2.71. The molecular weight excluding hydrogens is 379 g/mol. The lowest BCUT2D eigenvalue weighted by Gasteiger charge is -2.18. The molecular formula is C17H12BrFN2O3. The highest BCUT2D eigenvalue weighted by Gasteiger charge is 2.26. The van der Waals surface area contributed by atoms with Crippen LogP contribution in [-0.4, -0.2) is 22.6 Å². The van der Waals surface area contributed by atoms with E-state index in [1.165, 1.54) is 25.6 Å². The van der Waals surface area contributed by atoms with Crippen LogP contribution in [0.15, 0.2) is 58.1 Å². The Balaban J connectivity index is 2.30. The third-order valence-electron chi connectivity index (χ3n) is 3.66. The van der Waals surface area contributed by atoms with Crippen molar-refractivity contribution in [2.45, 2.75) is 6.04 Å². The van der Waals surface area contributed by atoms with E-state index < -0.39 is 23.4 Å². The predicted molar refractivity (Wildman–Crippen MR) is 90.3 cm³/mol. The Hall–Kier alpha value is -2.54. The topological polar surface area (TPSA) is 61.2 Å². The minimum atomic E-state index is -1.04. The van der Waals surface area contributed by atoms with Gasteiger partial charge in [-0.25, -0.2) is 14.2 Å². The number of carbonyl (C=O) groups excluding carboxylic acids is 1. The number of methoxy groups -OCH3 is 1. The van der Waals surface area contributed by atoms with E-state index in [4.69, 9.17) is 4.74 Å². The van der Waals surface area contributed by atoms with Gasteiger partial charge in [-0.1, -0.05) is 30.3 Å². The van der Waals surface area contributed by atoms with Gasteiger partial charge in [-0.2, -0.15) is 0 Å². The molecule has 0 radical (unpaired) electrons. The summed E-state index contributed by atoms with van der Waals surface area (Å²) in [5.74, 6) is -1.35. The molecule has 0 saturated carbocycles. The van der Waals surface area contributed by atoms with E-state index in [9.17, 15) is 14.0 Å². The number of carbonyl (C=O) groups is 1. The maximum atomic E-state index is 14.4. The van der Waals surface area contributed by atoms with E-state index in [-0.39, 0.29) is 15.4 Å². The molecule has 0 aliphatic carbocycles. The molecule has 5 nitrogen and oxygen atoms in total. The summed E-state index contributed by atoms with van der Waals surface area (Å²) >= 11 is 3.06. The summed E-state index contributed by atoms with van der Waals surface area (Å²) in [6.45, 7) is 0. The molecule has 1 aromatic heterocycles. The Morgan fingerprint density at radius 2 is 1.96 bits per heavy atom. The van der Waals surface area contributed by atoms with E-state index >= 15 is 0 Å². The molecule has 7 heteroatoms. The van der Waals surface area contributed by atoms with Gasteiger partial charge >= 0.3 is 5.97 Å². The molecule has 0 N–H and O–H groups in total. The fourth-order valence-corrected chi connectivity index (χ4v) is 2.83. The van der Waals surface area contributed by atoms with E-state index in [0.29, 0.717) is 5.56 Å². The molecule has 24 heavy (non-hydrogen) atoms. The molecule has 1 atom stereocenters. The average Bonchev–Trinajstić information content (AvgIpc) is 2.61. The molecule has 0 fully saturated rings. The second-order valence-corrected chi connectivity index (χ2v) is 5.90. The number of benzene rings is 2. The van der Waals surface area contributed by atoms with Gasteiger partial charge in [0.05, 0.1) is 23.4 Å². The van der Waals surface area contributed by atoms with Crippen LogP contribution in [0, 0.1) is 5.82 Å². The van der Waals surface area contributed by atoms with Crippen LogP contribution >= 0.6 is 15.9 Å². The average molecular weight is 391 g/mol. The summed E-state index contributed by atoms with van der Waals surface area (Å²) in [4.78, 5) is 29.1. The first-order valence-corrected chi connectivity index (χ1v) is 7.81. The molecule has 1 unspecified atom stereocenters. The number of hydrogen-bond donors (Lipinski definition) is 0. The molecule has 0 saturated heterocycles. The first-order valence-electron chi connectivity index (χ1n) is 7.02. The molecule has 0 bridgehead atoms. The Labute approximate surface area is 144 Å². The van der Waals surface area contributed by atoms with Gasteiger partial charge in [0, 0.05) is 0 Å². The summed E-state index contributed by atoms with van der Waals surface area (Å²) in [6, 6.07) is 10.6. The molecule has 0 amide bonds. The largest absolute Gasteiger partial charge is 0.467 e.